The Morgan fingerprint density at radius 3 is 2.26 bits per heavy atom. The molecule has 1 N–H and O–H groups in total. The van der Waals surface area contributed by atoms with Gasteiger partial charge in [-0.05, 0) is 44.6 Å². The molecular formula is C19H31NO3. The molecule has 130 valence electrons. The van der Waals surface area contributed by atoms with Crippen molar-refractivity contribution in [2.45, 2.75) is 57.9 Å². The molecule has 0 aromatic heterocycles. The Hall–Kier alpha value is -1.55. The Balaban J connectivity index is 2.31. The van der Waals surface area contributed by atoms with Gasteiger partial charge in [0.15, 0.2) is 0 Å². The van der Waals surface area contributed by atoms with Crippen LogP contribution in [-0.4, -0.2) is 42.7 Å². The second kappa shape index (κ2) is 11.1. The highest BCUT2D eigenvalue weighted by Gasteiger charge is 2.19. The molecule has 0 saturated heterocycles. The first-order valence-corrected chi connectivity index (χ1v) is 8.65. The number of benzene rings is 1. The smallest absolute Gasteiger partial charge is 0.321 e. The summed E-state index contributed by atoms with van der Waals surface area (Å²) in [6.07, 6.45) is 8.03. The van der Waals surface area contributed by atoms with Crippen LogP contribution in [0.25, 0.3) is 0 Å². The zero-order valence-corrected chi connectivity index (χ0v) is 14.8. The van der Waals surface area contributed by atoms with Crippen molar-refractivity contribution < 1.29 is 14.6 Å². The molecule has 0 aliphatic heterocycles. The summed E-state index contributed by atoms with van der Waals surface area (Å²) >= 11 is 0. The zero-order chi connectivity index (χ0) is 17.1. The lowest BCUT2D eigenvalue weighted by atomic mass is 10.1. The monoisotopic (exact) mass is 321 g/mol. The molecule has 0 bridgehead atoms. The Bertz CT molecular complexity index is 442. The van der Waals surface area contributed by atoms with Crippen LogP contribution in [0.2, 0.25) is 0 Å². The second-order valence-electron chi connectivity index (χ2n) is 6.28. The summed E-state index contributed by atoms with van der Waals surface area (Å²) in [5.74, 6) is 0.0671. The molecule has 0 fully saturated rings. The predicted molar refractivity (Wildman–Crippen MR) is 94.1 cm³/mol. The van der Waals surface area contributed by atoms with Gasteiger partial charge in [-0.15, -0.1) is 0 Å². The van der Waals surface area contributed by atoms with Gasteiger partial charge in [-0.1, -0.05) is 51.2 Å². The van der Waals surface area contributed by atoms with E-state index >= 15 is 0 Å². The maximum Gasteiger partial charge on any atom is 0.321 e. The standard InChI is InChI=1S/C19H31NO3/c1-4-5-6-7-8-9-14-23-17-12-10-16(11-13-17)15-18(19(21)22)20(2)3/h10-13,18H,4-9,14-15H2,1-3H3,(H,21,22)/t18-/m0/s1. The first-order chi connectivity index (χ1) is 11.0. The molecule has 0 unspecified atom stereocenters. The van der Waals surface area contributed by atoms with Gasteiger partial charge in [0.05, 0.1) is 6.61 Å². The van der Waals surface area contributed by atoms with Crippen LogP contribution in [0.3, 0.4) is 0 Å². The van der Waals surface area contributed by atoms with Crippen LogP contribution in [0.4, 0.5) is 0 Å². The van der Waals surface area contributed by atoms with Crippen molar-refractivity contribution in [2.24, 2.45) is 0 Å². The third-order valence-electron chi connectivity index (χ3n) is 4.03. The third-order valence-corrected chi connectivity index (χ3v) is 4.03. The highest BCUT2D eigenvalue weighted by Crippen LogP contribution is 2.15. The summed E-state index contributed by atoms with van der Waals surface area (Å²) in [6, 6.07) is 7.28. The van der Waals surface area contributed by atoms with E-state index in [0.29, 0.717) is 6.42 Å². The minimum absolute atomic E-state index is 0.495. The van der Waals surface area contributed by atoms with Crippen LogP contribution in [0.15, 0.2) is 24.3 Å². The van der Waals surface area contributed by atoms with Crippen molar-refractivity contribution in [1.82, 2.24) is 4.90 Å². The van der Waals surface area contributed by atoms with Crippen LogP contribution in [0, 0.1) is 0 Å². The van der Waals surface area contributed by atoms with E-state index < -0.39 is 12.0 Å². The molecule has 0 radical (unpaired) electrons. The van der Waals surface area contributed by atoms with E-state index in [1.54, 1.807) is 19.0 Å². The molecular weight excluding hydrogens is 290 g/mol. The Labute approximate surface area is 140 Å². The summed E-state index contributed by atoms with van der Waals surface area (Å²) in [6.45, 7) is 2.98. The van der Waals surface area contributed by atoms with E-state index in [9.17, 15) is 9.90 Å². The van der Waals surface area contributed by atoms with Crippen LogP contribution in [0.1, 0.15) is 51.0 Å². The Kier molecular flexibility index (Phi) is 9.37. The molecule has 0 saturated carbocycles. The summed E-state index contributed by atoms with van der Waals surface area (Å²) in [4.78, 5) is 12.9. The average molecular weight is 321 g/mol. The topological polar surface area (TPSA) is 49.8 Å². The molecule has 1 aromatic rings. The number of hydrogen-bond donors (Lipinski definition) is 1. The van der Waals surface area contributed by atoms with Gasteiger partial charge < -0.3 is 9.84 Å². The number of rotatable bonds is 12. The summed E-state index contributed by atoms with van der Waals surface area (Å²) < 4.78 is 5.74. The maximum absolute atomic E-state index is 11.2. The van der Waals surface area contributed by atoms with E-state index in [2.05, 4.69) is 6.92 Å². The number of carboxylic acid groups (broad SMARTS) is 1. The summed E-state index contributed by atoms with van der Waals surface area (Å²) in [5.41, 5.74) is 1.01. The molecule has 1 atom stereocenters. The highest BCUT2D eigenvalue weighted by molar-refractivity contribution is 5.73. The molecule has 0 spiro atoms. The minimum Gasteiger partial charge on any atom is -0.494 e. The summed E-state index contributed by atoms with van der Waals surface area (Å²) in [5, 5.41) is 9.21. The van der Waals surface area contributed by atoms with E-state index in [-0.39, 0.29) is 0 Å². The van der Waals surface area contributed by atoms with E-state index in [1.807, 2.05) is 24.3 Å². The lowest BCUT2D eigenvalue weighted by Crippen LogP contribution is -2.37. The van der Waals surface area contributed by atoms with Crippen molar-refractivity contribution in [3.05, 3.63) is 29.8 Å². The van der Waals surface area contributed by atoms with Gasteiger partial charge in [0.2, 0.25) is 0 Å². The fourth-order valence-electron chi connectivity index (χ4n) is 2.51. The van der Waals surface area contributed by atoms with Gasteiger partial charge in [-0.2, -0.15) is 0 Å². The van der Waals surface area contributed by atoms with Gasteiger partial charge in [-0.25, -0.2) is 0 Å². The van der Waals surface area contributed by atoms with Crippen molar-refractivity contribution in [1.29, 1.82) is 0 Å². The third kappa shape index (κ3) is 8.03. The zero-order valence-electron chi connectivity index (χ0n) is 14.8. The molecule has 4 nitrogen and oxygen atoms in total. The van der Waals surface area contributed by atoms with E-state index in [1.165, 1.54) is 32.1 Å². The molecule has 1 aromatic carbocycles. The van der Waals surface area contributed by atoms with Crippen LogP contribution >= 0.6 is 0 Å². The highest BCUT2D eigenvalue weighted by atomic mass is 16.5. The molecule has 0 amide bonds. The number of aliphatic carboxylic acids is 1. The van der Waals surface area contributed by atoms with E-state index in [0.717, 1.165) is 24.3 Å². The predicted octanol–water partition coefficient (Wildman–Crippen LogP) is 3.98. The molecule has 1 rings (SSSR count). The number of unbranched alkanes of at least 4 members (excludes halogenated alkanes) is 5. The lowest BCUT2D eigenvalue weighted by Gasteiger charge is -2.20. The molecule has 23 heavy (non-hydrogen) atoms. The van der Waals surface area contributed by atoms with Crippen LogP contribution < -0.4 is 4.74 Å². The minimum atomic E-state index is -0.793. The molecule has 0 aliphatic carbocycles. The van der Waals surface area contributed by atoms with Gasteiger partial charge in [0, 0.05) is 0 Å². The van der Waals surface area contributed by atoms with Crippen LogP contribution in [-0.2, 0) is 11.2 Å². The Morgan fingerprint density at radius 2 is 1.70 bits per heavy atom. The number of carbonyl (C=O) groups is 1. The summed E-state index contributed by atoms with van der Waals surface area (Å²) in [7, 11) is 3.58. The maximum atomic E-state index is 11.2. The normalized spacial score (nSPS) is 12.3. The van der Waals surface area contributed by atoms with Crippen molar-refractivity contribution in [3.8, 4) is 5.75 Å². The Morgan fingerprint density at radius 1 is 1.09 bits per heavy atom. The van der Waals surface area contributed by atoms with Crippen LogP contribution in [0.5, 0.6) is 5.75 Å². The average Bonchev–Trinajstić information content (AvgIpc) is 2.52. The van der Waals surface area contributed by atoms with Gasteiger partial charge in [-0.3, -0.25) is 9.69 Å². The molecule has 4 heteroatoms. The van der Waals surface area contributed by atoms with Crippen molar-refractivity contribution in [2.75, 3.05) is 20.7 Å². The van der Waals surface area contributed by atoms with E-state index in [4.69, 9.17) is 4.74 Å². The SMILES string of the molecule is CCCCCCCCOc1ccc(C[C@@H](C(=O)O)N(C)C)cc1. The van der Waals surface area contributed by atoms with Gasteiger partial charge >= 0.3 is 5.97 Å². The fraction of sp³-hybridized carbons (Fsp3) is 0.632. The number of carboxylic acids is 1. The molecule has 0 heterocycles. The first kappa shape index (κ1) is 19.5. The first-order valence-electron chi connectivity index (χ1n) is 8.65. The number of likely N-dealkylation sites (N-methyl/N-ethyl adjacent to an activating group) is 1. The number of ether oxygens (including phenoxy) is 1. The van der Waals surface area contributed by atoms with Gasteiger partial charge in [0.25, 0.3) is 0 Å². The second-order valence-corrected chi connectivity index (χ2v) is 6.28. The number of nitrogens with zero attached hydrogens (tertiary/aromatic N) is 1. The van der Waals surface area contributed by atoms with Crippen molar-refractivity contribution in [3.63, 3.8) is 0 Å². The van der Waals surface area contributed by atoms with Gasteiger partial charge in [0.1, 0.15) is 11.8 Å². The lowest BCUT2D eigenvalue weighted by molar-refractivity contribution is -0.142. The molecule has 0 aliphatic rings. The quantitative estimate of drug-likeness (QED) is 0.592. The fourth-order valence-corrected chi connectivity index (χ4v) is 2.51. The van der Waals surface area contributed by atoms with Crippen molar-refractivity contribution >= 4 is 5.97 Å². The number of hydrogen-bond acceptors (Lipinski definition) is 3. The largest absolute Gasteiger partial charge is 0.494 e.